The average Bonchev–Trinajstić information content (AvgIpc) is 2.97. The molecule has 2 aromatic heterocycles. The van der Waals surface area contributed by atoms with Gasteiger partial charge in [0, 0.05) is 6.42 Å². The molecule has 0 saturated carbocycles. The summed E-state index contributed by atoms with van der Waals surface area (Å²) in [5.41, 5.74) is 1.03. The number of ether oxygens (including phenoxy) is 1. The van der Waals surface area contributed by atoms with Gasteiger partial charge < -0.3 is 14.9 Å². The van der Waals surface area contributed by atoms with Crippen LogP contribution in [0.2, 0.25) is 0 Å². The van der Waals surface area contributed by atoms with E-state index in [-0.39, 0.29) is 12.1 Å². The molecule has 1 aliphatic rings. The second-order valence-corrected chi connectivity index (χ2v) is 5.13. The third kappa shape index (κ3) is 1.98. The molecule has 8 nitrogen and oxygen atoms in total. The Morgan fingerprint density at radius 1 is 1.47 bits per heavy atom. The topological polar surface area (TPSA) is 109 Å². The molecular weight excluding hydrogens is 318 g/mol. The van der Waals surface area contributed by atoms with Crippen LogP contribution < -0.4 is 5.49 Å². The molecule has 1 fully saturated rings. The Morgan fingerprint density at radius 2 is 2.26 bits per heavy atom. The van der Waals surface area contributed by atoms with Crippen LogP contribution >= 0.6 is 16.1 Å². The zero-order valence-electron chi connectivity index (χ0n) is 9.77. The minimum Gasteiger partial charge on any atom is -0.394 e. The quantitative estimate of drug-likeness (QED) is 0.689. The van der Waals surface area contributed by atoms with Crippen LogP contribution in [-0.4, -0.2) is 47.2 Å². The molecule has 3 N–H and O–H groups in total. The van der Waals surface area contributed by atoms with Crippen molar-refractivity contribution < 1.29 is 14.9 Å². The molecule has 3 atom stereocenters. The van der Waals surface area contributed by atoms with E-state index in [1.807, 2.05) is 0 Å². The Bertz CT molecular complexity index is 669. The molecule has 2 aromatic rings. The number of aliphatic hydroxyl groups excluding tert-OH is 2. The Labute approximate surface area is 116 Å². The molecule has 0 aromatic carbocycles. The van der Waals surface area contributed by atoms with Crippen LogP contribution in [0.4, 0.5) is 0 Å². The van der Waals surface area contributed by atoms with E-state index in [4.69, 9.17) is 15.3 Å². The molecule has 0 spiro atoms. The number of fused-ring (bicyclic) bond motifs is 1. The summed E-state index contributed by atoms with van der Waals surface area (Å²) < 4.78 is 8.74. The maximum absolute atomic E-state index is 10.0. The summed E-state index contributed by atoms with van der Waals surface area (Å²) >= 11 is 3.28. The van der Waals surface area contributed by atoms with Crippen LogP contribution in [-0.2, 0) is 4.74 Å². The molecular formula is C10H12BrN5O3. The van der Waals surface area contributed by atoms with Crippen LogP contribution in [0.5, 0.6) is 0 Å². The number of hydrogen-bond acceptors (Lipinski definition) is 6. The third-order valence-electron chi connectivity index (χ3n) is 3.13. The van der Waals surface area contributed by atoms with Crippen LogP contribution in [0.15, 0.2) is 12.7 Å². The second kappa shape index (κ2) is 4.67. The molecule has 0 amide bonds. The van der Waals surface area contributed by atoms with E-state index in [1.165, 1.54) is 16.2 Å². The van der Waals surface area contributed by atoms with E-state index in [2.05, 4.69) is 26.1 Å². The zero-order valence-corrected chi connectivity index (χ0v) is 11.4. The monoisotopic (exact) mass is 329 g/mol. The van der Waals surface area contributed by atoms with Crippen molar-refractivity contribution in [1.29, 1.82) is 5.41 Å². The summed E-state index contributed by atoms with van der Waals surface area (Å²) in [6, 6.07) is 0. The van der Waals surface area contributed by atoms with Crippen molar-refractivity contribution in [3.63, 3.8) is 0 Å². The first-order chi connectivity index (χ1) is 9.11. The SMILES string of the molecule is N=c1ncn(Br)c2c1ncn2[C@@H]1O[C@H](CO)C[C@H]1O. The molecule has 0 bridgehead atoms. The van der Waals surface area contributed by atoms with Gasteiger partial charge in [-0.05, 0) is 0 Å². The van der Waals surface area contributed by atoms with Crippen molar-refractivity contribution in [2.24, 2.45) is 0 Å². The van der Waals surface area contributed by atoms with Crippen LogP contribution in [0.25, 0.3) is 11.2 Å². The standard InChI is InChI=1S/C10H12BrN5O3/c11-16-4-14-8(12)7-9(16)15(3-13-7)10-6(18)1-5(2-17)19-10/h3-6,10,12,17-18H,1-2H2/t5-,6+,10+/m0/s1. The van der Waals surface area contributed by atoms with E-state index >= 15 is 0 Å². The molecule has 0 radical (unpaired) electrons. The molecule has 0 unspecified atom stereocenters. The van der Waals surface area contributed by atoms with Gasteiger partial charge in [-0.15, -0.1) is 0 Å². The fraction of sp³-hybridized carbons (Fsp3) is 0.500. The minimum atomic E-state index is -0.732. The Kier molecular flexibility index (Phi) is 3.13. The smallest absolute Gasteiger partial charge is 0.176 e. The Balaban J connectivity index is 2.11. The summed E-state index contributed by atoms with van der Waals surface area (Å²) in [6.45, 7) is -0.139. The first kappa shape index (κ1) is 12.7. The van der Waals surface area contributed by atoms with Gasteiger partial charge in [0.2, 0.25) is 0 Å². The number of imidazole rings is 1. The third-order valence-corrected chi connectivity index (χ3v) is 3.64. The number of aromatic nitrogens is 4. The first-order valence-electron chi connectivity index (χ1n) is 5.71. The average molecular weight is 330 g/mol. The summed E-state index contributed by atoms with van der Waals surface area (Å²) in [6.07, 6.45) is 1.54. The van der Waals surface area contributed by atoms with Crippen molar-refractivity contribution in [1.82, 2.24) is 18.1 Å². The maximum Gasteiger partial charge on any atom is 0.176 e. The molecule has 102 valence electrons. The van der Waals surface area contributed by atoms with Crippen LogP contribution in [0.1, 0.15) is 12.6 Å². The highest BCUT2D eigenvalue weighted by molar-refractivity contribution is 9.08. The lowest BCUT2D eigenvalue weighted by Gasteiger charge is -2.17. The minimum absolute atomic E-state index is 0.0515. The van der Waals surface area contributed by atoms with Crippen LogP contribution in [0.3, 0.4) is 0 Å². The highest BCUT2D eigenvalue weighted by atomic mass is 79.9. The van der Waals surface area contributed by atoms with Gasteiger partial charge in [0.05, 0.1) is 35.2 Å². The fourth-order valence-electron chi connectivity index (χ4n) is 2.24. The summed E-state index contributed by atoms with van der Waals surface area (Å²) in [7, 11) is 0. The van der Waals surface area contributed by atoms with Crippen molar-refractivity contribution in [3.8, 4) is 0 Å². The van der Waals surface area contributed by atoms with Gasteiger partial charge in [0.1, 0.15) is 12.4 Å². The van der Waals surface area contributed by atoms with Crippen LogP contribution in [0, 0.1) is 5.41 Å². The van der Waals surface area contributed by atoms with Crippen molar-refractivity contribution in [2.45, 2.75) is 24.9 Å². The number of hydrogen-bond donors (Lipinski definition) is 3. The first-order valence-corrected chi connectivity index (χ1v) is 6.42. The summed E-state index contributed by atoms with van der Waals surface area (Å²) in [5, 5.41) is 26.8. The summed E-state index contributed by atoms with van der Waals surface area (Å²) in [5.74, 6) is 0. The van der Waals surface area contributed by atoms with Gasteiger partial charge in [0.15, 0.2) is 22.9 Å². The Morgan fingerprint density at radius 3 is 2.95 bits per heavy atom. The molecule has 3 rings (SSSR count). The predicted molar refractivity (Wildman–Crippen MR) is 67.3 cm³/mol. The van der Waals surface area contributed by atoms with E-state index in [1.54, 1.807) is 4.57 Å². The van der Waals surface area contributed by atoms with Crippen molar-refractivity contribution >= 4 is 27.3 Å². The van der Waals surface area contributed by atoms with Gasteiger partial charge in [0.25, 0.3) is 0 Å². The van der Waals surface area contributed by atoms with Gasteiger partial charge in [-0.25, -0.2) is 13.6 Å². The van der Waals surface area contributed by atoms with Crippen molar-refractivity contribution in [2.75, 3.05) is 6.61 Å². The molecule has 19 heavy (non-hydrogen) atoms. The van der Waals surface area contributed by atoms with Gasteiger partial charge in [-0.1, -0.05) is 0 Å². The highest BCUT2D eigenvalue weighted by Crippen LogP contribution is 2.30. The number of rotatable bonds is 2. The second-order valence-electron chi connectivity index (χ2n) is 4.36. The Hall–Kier alpha value is -1.29. The molecule has 0 aliphatic carbocycles. The normalized spacial score (nSPS) is 27.2. The lowest BCUT2D eigenvalue weighted by molar-refractivity contribution is -0.0487. The number of halogens is 1. The molecule has 9 heteroatoms. The summed E-state index contributed by atoms with van der Waals surface area (Å²) in [4.78, 5) is 7.98. The predicted octanol–water partition coefficient (Wildman–Crippen LogP) is -0.489. The van der Waals surface area contributed by atoms with Gasteiger partial charge in [-0.2, -0.15) is 0 Å². The molecule has 1 saturated heterocycles. The van der Waals surface area contributed by atoms with E-state index in [0.29, 0.717) is 17.6 Å². The van der Waals surface area contributed by atoms with E-state index < -0.39 is 18.4 Å². The lowest BCUT2D eigenvalue weighted by atomic mass is 10.2. The highest BCUT2D eigenvalue weighted by Gasteiger charge is 2.35. The fourth-order valence-corrected chi connectivity index (χ4v) is 2.68. The number of nitrogens with one attached hydrogen (secondary N) is 1. The largest absolute Gasteiger partial charge is 0.394 e. The van der Waals surface area contributed by atoms with Gasteiger partial charge >= 0.3 is 0 Å². The molecule has 3 heterocycles. The lowest BCUT2D eigenvalue weighted by Crippen LogP contribution is -2.20. The van der Waals surface area contributed by atoms with Crippen molar-refractivity contribution in [3.05, 3.63) is 18.1 Å². The maximum atomic E-state index is 10.0. The van der Waals surface area contributed by atoms with E-state index in [9.17, 15) is 5.11 Å². The number of aliphatic hydroxyl groups is 2. The molecule has 1 aliphatic heterocycles. The number of nitrogens with zero attached hydrogens (tertiary/aromatic N) is 4. The van der Waals surface area contributed by atoms with E-state index in [0.717, 1.165) is 0 Å². The van der Waals surface area contributed by atoms with Gasteiger partial charge in [-0.3, -0.25) is 9.98 Å². The zero-order chi connectivity index (χ0) is 13.6.